The summed E-state index contributed by atoms with van der Waals surface area (Å²) in [4.78, 5) is 13.6. The highest BCUT2D eigenvalue weighted by molar-refractivity contribution is 7.18. The van der Waals surface area contributed by atoms with Crippen molar-refractivity contribution in [2.24, 2.45) is 0 Å². The average Bonchev–Trinajstić information content (AvgIpc) is 2.47. The maximum atomic E-state index is 5.57. The third-order valence-electron chi connectivity index (χ3n) is 1.96. The van der Waals surface area contributed by atoms with Gasteiger partial charge in [0.25, 0.3) is 0 Å². The Hall–Kier alpha value is -1.23. The fourth-order valence-corrected chi connectivity index (χ4v) is 2.24. The molecule has 0 fully saturated rings. The van der Waals surface area contributed by atoms with E-state index in [-0.39, 0.29) is 0 Å². The first kappa shape index (κ1) is 9.33. The van der Waals surface area contributed by atoms with Gasteiger partial charge >= 0.3 is 0 Å². The molecule has 5 heteroatoms. The molecule has 0 amide bonds. The summed E-state index contributed by atoms with van der Waals surface area (Å²) in [5.74, 6) is 0.754. The normalized spacial score (nSPS) is 11.4. The quantitative estimate of drug-likeness (QED) is 0.779. The summed E-state index contributed by atoms with van der Waals surface area (Å²) in [6.45, 7) is 6.14. The van der Waals surface area contributed by atoms with Gasteiger partial charge in [0.1, 0.15) is 10.3 Å². The lowest BCUT2D eigenvalue weighted by atomic mass is 10.2. The van der Waals surface area contributed by atoms with Gasteiger partial charge in [0.15, 0.2) is 0 Å². The Morgan fingerprint density at radius 3 is 2.57 bits per heavy atom. The Bertz CT molecular complexity index is 475. The molecule has 0 aromatic carbocycles. The smallest absolute Gasteiger partial charge is 0.221 e. The van der Waals surface area contributed by atoms with Crippen LogP contribution in [0.5, 0.6) is 0 Å². The number of rotatable bonds is 1. The highest BCUT2D eigenvalue weighted by Gasteiger charge is 2.11. The van der Waals surface area contributed by atoms with Gasteiger partial charge in [0.2, 0.25) is 5.95 Å². The van der Waals surface area contributed by atoms with Crippen molar-refractivity contribution in [1.82, 2.24) is 15.0 Å². The lowest BCUT2D eigenvalue weighted by Gasteiger charge is -1.95. The molecule has 2 aromatic heterocycles. The first-order valence-electron chi connectivity index (χ1n) is 4.48. The molecule has 0 radical (unpaired) electrons. The summed E-state index contributed by atoms with van der Waals surface area (Å²) in [7, 11) is 0. The van der Waals surface area contributed by atoms with Crippen LogP contribution < -0.4 is 5.73 Å². The zero-order valence-electron chi connectivity index (χ0n) is 8.40. The predicted molar refractivity (Wildman–Crippen MR) is 58.4 cm³/mol. The van der Waals surface area contributed by atoms with E-state index in [1.165, 1.54) is 0 Å². The second-order valence-corrected chi connectivity index (χ2v) is 4.54. The molecule has 0 aliphatic rings. The van der Waals surface area contributed by atoms with Crippen LogP contribution in [0.3, 0.4) is 0 Å². The average molecular weight is 208 g/mol. The van der Waals surface area contributed by atoms with E-state index < -0.39 is 0 Å². The standard InChI is InChI=1S/C9H12N4S/c1-4(2)7-12-6-5(3)11-9(10)13-8(6)14-7/h4H,1-3H3,(H2,10,11,13). The maximum Gasteiger partial charge on any atom is 0.221 e. The van der Waals surface area contributed by atoms with Crippen molar-refractivity contribution in [3.05, 3.63) is 10.7 Å². The third kappa shape index (κ3) is 1.43. The van der Waals surface area contributed by atoms with Crippen LogP contribution in [-0.4, -0.2) is 15.0 Å². The second kappa shape index (κ2) is 3.16. The van der Waals surface area contributed by atoms with Crippen LogP contribution in [0.4, 0.5) is 5.95 Å². The Labute approximate surface area is 86.2 Å². The number of nitrogens with two attached hydrogens (primary N) is 1. The molecular formula is C9H12N4S. The van der Waals surface area contributed by atoms with E-state index in [4.69, 9.17) is 5.73 Å². The number of aromatic nitrogens is 3. The molecular weight excluding hydrogens is 196 g/mol. The zero-order valence-corrected chi connectivity index (χ0v) is 9.22. The number of nitrogen functional groups attached to an aromatic ring is 1. The minimum Gasteiger partial charge on any atom is -0.368 e. The van der Waals surface area contributed by atoms with Gasteiger partial charge in [-0.3, -0.25) is 0 Å². The number of hydrogen-bond donors (Lipinski definition) is 1. The Kier molecular flexibility index (Phi) is 2.11. The highest BCUT2D eigenvalue weighted by Crippen LogP contribution is 2.27. The van der Waals surface area contributed by atoms with Gasteiger partial charge < -0.3 is 5.73 Å². The van der Waals surface area contributed by atoms with E-state index in [1.807, 2.05) is 6.92 Å². The van der Waals surface area contributed by atoms with Crippen molar-refractivity contribution in [3.63, 3.8) is 0 Å². The van der Waals surface area contributed by atoms with E-state index in [2.05, 4.69) is 28.8 Å². The van der Waals surface area contributed by atoms with Gasteiger partial charge in [-0.05, 0) is 6.92 Å². The molecule has 0 aliphatic heterocycles. The summed E-state index contributed by atoms with van der Waals surface area (Å²) in [5.41, 5.74) is 7.31. The highest BCUT2D eigenvalue weighted by atomic mass is 32.1. The molecule has 0 atom stereocenters. The molecule has 2 N–H and O–H groups in total. The van der Waals surface area contributed by atoms with Gasteiger partial charge in [-0.25, -0.2) is 15.0 Å². The minimum atomic E-state index is 0.328. The van der Waals surface area contributed by atoms with Crippen LogP contribution in [0.25, 0.3) is 10.3 Å². The number of nitrogens with zero attached hydrogens (tertiary/aromatic N) is 3. The van der Waals surface area contributed by atoms with E-state index >= 15 is 0 Å². The van der Waals surface area contributed by atoms with Crippen LogP contribution in [0, 0.1) is 6.92 Å². The minimum absolute atomic E-state index is 0.328. The van der Waals surface area contributed by atoms with Crippen molar-refractivity contribution in [1.29, 1.82) is 0 Å². The molecule has 74 valence electrons. The summed E-state index contributed by atoms with van der Waals surface area (Å²) in [5, 5.41) is 1.09. The van der Waals surface area contributed by atoms with Crippen molar-refractivity contribution >= 4 is 27.6 Å². The Balaban J connectivity index is 2.70. The largest absolute Gasteiger partial charge is 0.368 e. The lowest BCUT2D eigenvalue weighted by molar-refractivity contribution is 0.856. The van der Waals surface area contributed by atoms with Crippen LogP contribution in [0.2, 0.25) is 0 Å². The molecule has 0 aliphatic carbocycles. The zero-order chi connectivity index (χ0) is 10.3. The topological polar surface area (TPSA) is 64.7 Å². The number of hydrogen-bond acceptors (Lipinski definition) is 5. The van der Waals surface area contributed by atoms with E-state index in [0.717, 1.165) is 21.0 Å². The number of aryl methyl sites for hydroxylation is 1. The molecule has 0 unspecified atom stereocenters. The summed E-state index contributed by atoms with van der Waals surface area (Å²) in [6, 6.07) is 0. The van der Waals surface area contributed by atoms with Crippen molar-refractivity contribution in [2.45, 2.75) is 26.7 Å². The fourth-order valence-electron chi connectivity index (χ4n) is 1.24. The SMILES string of the molecule is Cc1nc(N)nc2sc(C(C)C)nc12. The van der Waals surface area contributed by atoms with E-state index in [9.17, 15) is 0 Å². The summed E-state index contributed by atoms with van der Waals surface area (Å²) >= 11 is 1.59. The van der Waals surface area contributed by atoms with Crippen LogP contribution in [0.1, 0.15) is 30.5 Å². The molecule has 14 heavy (non-hydrogen) atoms. The first-order valence-corrected chi connectivity index (χ1v) is 5.30. The van der Waals surface area contributed by atoms with Crippen molar-refractivity contribution in [2.75, 3.05) is 5.73 Å². The molecule has 0 saturated heterocycles. The van der Waals surface area contributed by atoms with Gasteiger partial charge in [-0.15, -0.1) is 0 Å². The monoisotopic (exact) mass is 208 g/mol. The number of fused-ring (bicyclic) bond motifs is 1. The van der Waals surface area contributed by atoms with Crippen LogP contribution in [0.15, 0.2) is 0 Å². The Morgan fingerprint density at radius 2 is 1.93 bits per heavy atom. The van der Waals surface area contributed by atoms with Gasteiger partial charge in [-0.2, -0.15) is 0 Å². The second-order valence-electron chi connectivity index (χ2n) is 3.53. The predicted octanol–water partition coefficient (Wildman–Crippen LogP) is 2.10. The fraction of sp³-hybridized carbons (Fsp3) is 0.444. The number of anilines is 1. The lowest BCUT2D eigenvalue weighted by Crippen LogP contribution is -1.96. The Morgan fingerprint density at radius 1 is 1.21 bits per heavy atom. The van der Waals surface area contributed by atoms with Crippen LogP contribution in [-0.2, 0) is 0 Å². The van der Waals surface area contributed by atoms with Gasteiger partial charge in [0.05, 0.1) is 10.7 Å². The van der Waals surface area contributed by atoms with Crippen LogP contribution >= 0.6 is 11.3 Å². The first-order chi connectivity index (χ1) is 6.58. The maximum absolute atomic E-state index is 5.57. The van der Waals surface area contributed by atoms with Crippen molar-refractivity contribution < 1.29 is 0 Å². The molecule has 4 nitrogen and oxygen atoms in total. The van der Waals surface area contributed by atoms with Crippen molar-refractivity contribution in [3.8, 4) is 0 Å². The molecule has 2 rings (SSSR count). The molecule has 0 saturated carbocycles. The van der Waals surface area contributed by atoms with E-state index in [1.54, 1.807) is 11.3 Å². The summed E-state index contributed by atoms with van der Waals surface area (Å²) in [6.07, 6.45) is 0. The summed E-state index contributed by atoms with van der Waals surface area (Å²) < 4.78 is 0. The molecule has 0 spiro atoms. The van der Waals surface area contributed by atoms with Gasteiger partial charge in [0, 0.05) is 5.92 Å². The van der Waals surface area contributed by atoms with E-state index in [0.29, 0.717) is 11.9 Å². The van der Waals surface area contributed by atoms with Gasteiger partial charge in [-0.1, -0.05) is 25.2 Å². The molecule has 0 bridgehead atoms. The third-order valence-corrected chi connectivity index (χ3v) is 3.21. The molecule has 2 heterocycles. The molecule has 2 aromatic rings. The number of thiazole rings is 1.